The molecule has 1 aromatic heterocycles. The zero-order valence-corrected chi connectivity index (χ0v) is 8.14. The first kappa shape index (κ1) is 11.3. The highest BCUT2D eigenvalue weighted by Gasteiger charge is 2.32. The Labute approximate surface area is 85.5 Å². The van der Waals surface area contributed by atoms with Gasteiger partial charge in [-0.05, 0) is 18.6 Å². The average Bonchev–Trinajstić information content (AvgIpc) is 2.15. The van der Waals surface area contributed by atoms with E-state index in [1.165, 1.54) is 12.3 Å². The number of aliphatic hydroxyl groups excluding tert-OH is 1. The number of pyridine rings is 1. The van der Waals surface area contributed by atoms with Gasteiger partial charge in [-0.3, -0.25) is 4.98 Å². The number of nitrogens with zero attached hydrogens (tertiary/aromatic N) is 1. The van der Waals surface area contributed by atoms with Crippen molar-refractivity contribution in [3.63, 3.8) is 0 Å². The number of hydrogen-bond donors (Lipinski definition) is 1. The number of aromatic nitrogens is 1. The summed E-state index contributed by atoms with van der Waals surface area (Å²) in [4.78, 5) is 3.55. The van der Waals surface area contributed by atoms with Gasteiger partial charge in [0, 0.05) is 24.2 Å². The molecule has 1 aromatic rings. The molecular formula is C9H10ClF2NO. The summed E-state index contributed by atoms with van der Waals surface area (Å²) < 4.78 is 26.6. The fourth-order valence-corrected chi connectivity index (χ4v) is 1.19. The maximum atomic E-state index is 13.3. The smallest absolute Gasteiger partial charge is 0.289 e. The molecule has 0 fully saturated rings. The number of aliphatic hydroxyl groups is 1. The van der Waals surface area contributed by atoms with Crippen molar-refractivity contribution in [2.45, 2.75) is 18.8 Å². The van der Waals surface area contributed by atoms with Crippen LogP contribution in [-0.2, 0) is 5.92 Å². The van der Waals surface area contributed by atoms with Crippen LogP contribution in [0.3, 0.4) is 0 Å². The second-order valence-electron chi connectivity index (χ2n) is 2.89. The summed E-state index contributed by atoms with van der Waals surface area (Å²) in [5.74, 6) is -3.02. The Bertz CT molecular complexity index is 307. The van der Waals surface area contributed by atoms with Gasteiger partial charge < -0.3 is 5.11 Å². The van der Waals surface area contributed by atoms with Crippen molar-refractivity contribution in [1.82, 2.24) is 4.98 Å². The molecule has 0 radical (unpaired) electrons. The molecule has 0 aliphatic carbocycles. The predicted octanol–water partition coefficient (Wildman–Crippen LogP) is 2.60. The molecule has 1 N–H and O–H groups in total. The molecule has 0 amide bonds. The van der Waals surface area contributed by atoms with Crippen molar-refractivity contribution in [3.05, 3.63) is 29.0 Å². The lowest BCUT2D eigenvalue weighted by molar-refractivity contribution is -0.0231. The minimum Gasteiger partial charge on any atom is -0.396 e. The van der Waals surface area contributed by atoms with Gasteiger partial charge in [0.1, 0.15) is 5.69 Å². The fraction of sp³-hybridized carbons (Fsp3) is 0.444. The van der Waals surface area contributed by atoms with E-state index in [1.54, 1.807) is 0 Å². The van der Waals surface area contributed by atoms with Gasteiger partial charge in [0.15, 0.2) is 0 Å². The van der Waals surface area contributed by atoms with Crippen LogP contribution >= 0.6 is 11.6 Å². The number of halogens is 3. The van der Waals surface area contributed by atoms with Crippen molar-refractivity contribution in [1.29, 1.82) is 0 Å². The third-order valence-corrected chi connectivity index (χ3v) is 1.98. The van der Waals surface area contributed by atoms with Crippen molar-refractivity contribution in [2.75, 3.05) is 6.61 Å². The summed E-state index contributed by atoms with van der Waals surface area (Å²) in [7, 11) is 0. The third kappa shape index (κ3) is 2.89. The Balaban J connectivity index is 2.80. The SMILES string of the molecule is OCCCC(F)(F)c1cc(Cl)ccn1. The minimum atomic E-state index is -3.02. The van der Waals surface area contributed by atoms with Crippen LogP contribution in [0.1, 0.15) is 18.5 Å². The van der Waals surface area contributed by atoms with Crippen LogP contribution in [0.5, 0.6) is 0 Å². The van der Waals surface area contributed by atoms with Crippen LogP contribution in [0.25, 0.3) is 0 Å². The van der Waals surface area contributed by atoms with E-state index in [2.05, 4.69) is 4.98 Å². The van der Waals surface area contributed by atoms with E-state index < -0.39 is 12.3 Å². The van der Waals surface area contributed by atoms with Gasteiger partial charge in [0.05, 0.1) is 0 Å². The van der Waals surface area contributed by atoms with Crippen LogP contribution in [0, 0.1) is 0 Å². The number of hydrogen-bond acceptors (Lipinski definition) is 2. The number of rotatable bonds is 4. The molecule has 2 nitrogen and oxygen atoms in total. The van der Waals surface area contributed by atoms with E-state index in [0.29, 0.717) is 0 Å². The Hall–Kier alpha value is -0.740. The van der Waals surface area contributed by atoms with Gasteiger partial charge in [-0.2, -0.15) is 8.78 Å². The van der Waals surface area contributed by atoms with Gasteiger partial charge in [-0.1, -0.05) is 11.6 Å². The monoisotopic (exact) mass is 221 g/mol. The van der Waals surface area contributed by atoms with Crippen LogP contribution in [0.4, 0.5) is 8.78 Å². The van der Waals surface area contributed by atoms with Crippen molar-refractivity contribution in [3.8, 4) is 0 Å². The summed E-state index contributed by atoms with van der Waals surface area (Å²) in [6.45, 7) is -0.254. The zero-order valence-electron chi connectivity index (χ0n) is 7.38. The Kier molecular flexibility index (Phi) is 3.77. The van der Waals surface area contributed by atoms with Gasteiger partial charge in [-0.15, -0.1) is 0 Å². The van der Waals surface area contributed by atoms with E-state index >= 15 is 0 Å². The van der Waals surface area contributed by atoms with E-state index in [4.69, 9.17) is 16.7 Å². The molecule has 0 atom stereocenters. The molecule has 0 unspecified atom stereocenters. The van der Waals surface area contributed by atoms with Gasteiger partial charge in [0.2, 0.25) is 0 Å². The lowest BCUT2D eigenvalue weighted by Crippen LogP contribution is -2.15. The predicted molar refractivity (Wildman–Crippen MR) is 49.5 cm³/mol. The van der Waals surface area contributed by atoms with Crippen LogP contribution < -0.4 is 0 Å². The second kappa shape index (κ2) is 4.66. The molecule has 0 saturated carbocycles. The molecule has 0 aliphatic rings. The van der Waals surface area contributed by atoms with Crippen LogP contribution in [-0.4, -0.2) is 16.7 Å². The molecule has 0 aromatic carbocycles. The first-order chi connectivity index (χ1) is 6.56. The van der Waals surface area contributed by atoms with E-state index in [1.807, 2.05) is 0 Å². The molecule has 0 bridgehead atoms. The van der Waals surface area contributed by atoms with E-state index in [9.17, 15) is 8.78 Å². The molecule has 1 heterocycles. The van der Waals surface area contributed by atoms with Gasteiger partial charge >= 0.3 is 0 Å². The topological polar surface area (TPSA) is 33.1 Å². The summed E-state index contributed by atoms with van der Waals surface area (Å²) in [5.41, 5.74) is -0.349. The highest BCUT2D eigenvalue weighted by molar-refractivity contribution is 6.30. The molecule has 0 spiro atoms. The first-order valence-electron chi connectivity index (χ1n) is 4.17. The molecule has 1 rings (SSSR count). The van der Waals surface area contributed by atoms with Crippen molar-refractivity contribution >= 4 is 11.6 Å². The van der Waals surface area contributed by atoms with Gasteiger partial charge in [0.25, 0.3) is 5.92 Å². The third-order valence-electron chi connectivity index (χ3n) is 1.75. The minimum absolute atomic E-state index is 0.0429. The summed E-state index contributed by atoms with van der Waals surface area (Å²) in [6, 6.07) is 2.58. The fourth-order valence-electron chi connectivity index (χ4n) is 1.03. The standard InChI is InChI=1S/C9H10ClF2NO/c10-7-2-4-13-8(6-7)9(11,12)3-1-5-14/h2,4,6,14H,1,3,5H2. The summed E-state index contributed by atoms with van der Waals surface area (Å²) in [5, 5.41) is 8.69. The molecule has 5 heteroatoms. The quantitative estimate of drug-likeness (QED) is 0.848. The zero-order chi connectivity index (χ0) is 10.6. The first-order valence-corrected chi connectivity index (χ1v) is 4.55. The molecule has 78 valence electrons. The van der Waals surface area contributed by atoms with Crippen molar-refractivity contribution < 1.29 is 13.9 Å². The van der Waals surface area contributed by atoms with Crippen LogP contribution in [0.2, 0.25) is 5.02 Å². The molecule has 0 aliphatic heterocycles. The largest absolute Gasteiger partial charge is 0.396 e. The highest BCUT2D eigenvalue weighted by Crippen LogP contribution is 2.32. The van der Waals surface area contributed by atoms with Crippen molar-refractivity contribution in [2.24, 2.45) is 0 Å². The molecule has 0 saturated heterocycles. The average molecular weight is 222 g/mol. The molecule has 14 heavy (non-hydrogen) atoms. The second-order valence-corrected chi connectivity index (χ2v) is 3.33. The van der Waals surface area contributed by atoms with Gasteiger partial charge in [-0.25, -0.2) is 0 Å². The highest BCUT2D eigenvalue weighted by atomic mass is 35.5. The Morgan fingerprint density at radius 2 is 2.21 bits per heavy atom. The Morgan fingerprint density at radius 3 is 2.79 bits per heavy atom. The number of alkyl halides is 2. The van der Waals surface area contributed by atoms with Crippen LogP contribution in [0.15, 0.2) is 18.3 Å². The lowest BCUT2D eigenvalue weighted by Gasteiger charge is -2.14. The summed E-state index contributed by atoms with van der Waals surface area (Å²) >= 11 is 5.56. The maximum absolute atomic E-state index is 13.3. The lowest BCUT2D eigenvalue weighted by atomic mass is 10.1. The maximum Gasteiger partial charge on any atom is 0.289 e. The Morgan fingerprint density at radius 1 is 1.50 bits per heavy atom. The summed E-state index contributed by atoms with van der Waals surface area (Å²) in [6.07, 6.45) is 0.864. The van der Waals surface area contributed by atoms with E-state index in [-0.39, 0.29) is 23.7 Å². The van der Waals surface area contributed by atoms with E-state index in [0.717, 1.165) is 6.07 Å². The molecular weight excluding hydrogens is 212 g/mol. The normalized spacial score (nSPS) is 11.7.